The molecule has 2 rings (SSSR count). The van der Waals surface area contributed by atoms with E-state index in [0.717, 1.165) is 5.56 Å². The first-order chi connectivity index (χ1) is 14.1. The smallest absolute Gasteiger partial charge is 0.344 e. The fraction of sp³-hybridized carbons (Fsp3) is 0.348. The van der Waals surface area contributed by atoms with E-state index in [-0.39, 0.29) is 17.9 Å². The molecule has 0 aliphatic carbocycles. The van der Waals surface area contributed by atoms with Crippen LogP contribution in [0.3, 0.4) is 0 Å². The number of rotatable bonds is 7. The molecule has 30 heavy (non-hydrogen) atoms. The summed E-state index contributed by atoms with van der Waals surface area (Å²) in [5.41, 5.74) is 1.98. The zero-order valence-electron chi connectivity index (χ0n) is 17.9. The number of hydrogen-bond donors (Lipinski definition) is 2. The number of esters is 1. The summed E-state index contributed by atoms with van der Waals surface area (Å²) in [5, 5.41) is 5.30. The van der Waals surface area contributed by atoms with Crippen molar-refractivity contribution in [1.82, 2.24) is 0 Å². The van der Waals surface area contributed by atoms with E-state index in [9.17, 15) is 14.4 Å². The van der Waals surface area contributed by atoms with E-state index >= 15 is 0 Å². The standard InChI is InChI=1S/C23H28N2O5/c1-15(22(28)25-18-12-10-17(11-13-18)24-16(2)26)30-21(27)14-29-20-9-7-6-8-19(20)23(3,4)5/h6-13,15H,14H2,1-5H3,(H,24,26)(H,25,28)/t15-/m0/s1. The van der Waals surface area contributed by atoms with Crippen molar-refractivity contribution in [3.8, 4) is 5.75 Å². The van der Waals surface area contributed by atoms with Crippen molar-refractivity contribution < 1.29 is 23.9 Å². The predicted molar refractivity (Wildman–Crippen MR) is 116 cm³/mol. The molecule has 0 heterocycles. The van der Waals surface area contributed by atoms with Crippen molar-refractivity contribution in [2.24, 2.45) is 0 Å². The number of anilines is 2. The summed E-state index contributed by atoms with van der Waals surface area (Å²) in [6.45, 7) is 8.78. The minimum Gasteiger partial charge on any atom is -0.482 e. The Labute approximate surface area is 176 Å². The summed E-state index contributed by atoms with van der Waals surface area (Å²) in [6, 6.07) is 14.1. The van der Waals surface area contributed by atoms with Crippen LogP contribution in [0.4, 0.5) is 11.4 Å². The summed E-state index contributed by atoms with van der Waals surface area (Å²) >= 11 is 0. The minimum atomic E-state index is -0.992. The highest BCUT2D eigenvalue weighted by molar-refractivity contribution is 5.95. The SMILES string of the molecule is CC(=O)Nc1ccc(NC(=O)[C@H](C)OC(=O)COc2ccccc2C(C)(C)C)cc1. The van der Waals surface area contributed by atoms with E-state index in [1.807, 2.05) is 18.2 Å². The van der Waals surface area contributed by atoms with Crippen LogP contribution in [-0.2, 0) is 24.5 Å². The monoisotopic (exact) mass is 412 g/mol. The van der Waals surface area contributed by atoms with Gasteiger partial charge in [-0.2, -0.15) is 0 Å². The lowest BCUT2D eigenvalue weighted by Gasteiger charge is -2.22. The molecule has 1 atom stereocenters. The maximum absolute atomic E-state index is 12.3. The topological polar surface area (TPSA) is 93.7 Å². The van der Waals surface area contributed by atoms with Crippen LogP contribution < -0.4 is 15.4 Å². The fourth-order valence-electron chi connectivity index (χ4n) is 2.72. The number of carbonyl (C=O) groups excluding carboxylic acids is 3. The Morgan fingerprint density at radius 1 is 0.933 bits per heavy atom. The van der Waals surface area contributed by atoms with Crippen molar-refractivity contribution in [3.05, 3.63) is 54.1 Å². The molecule has 0 saturated heterocycles. The Bertz CT molecular complexity index is 901. The number of amides is 2. The summed E-state index contributed by atoms with van der Waals surface area (Å²) in [7, 11) is 0. The zero-order chi connectivity index (χ0) is 22.3. The zero-order valence-corrected chi connectivity index (χ0v) is 17.9. The quantitative estimate of drug-likeness (QED) is 0.673. The van der Waals surface area contributed by atoms with Gasteiger partial charge in [-0.1, -0.05) is 39.0 Å². The number of para-hydroxylation sites is 1. The first kappa shape index (κ1) is 22.9. The largest absolute Gasteiger partial charge is 0.482 e. The average Bonchev–Trinajstić information content (AvgIpc) is 2.67. The van der Waals surface area contributed by atoms with Crippen molar-refractivity contribution >= 4 is 29.2 Å². The first-order valence-electron chi connectivity index (χ1n) is 9.66. The molecule has 2 N–H and O–H groups in total. The summed E-state index contributed by atoms with van der Waals surface area (Å²) in [4.78, 5) is 35.4. The Morgan fingerprint density at radius 3 is 2.07 bits per heavy atom. The first-order valence-corrected chi connectivity index (χ1v) is 9.66. The second-order valence-electron chi connectivity index (χ2n) is 7.91. The summed E-state index contributed by atoms with van der Waals surface area (Å²) < 4.78 is 10.8. The van der Waals surface area contributed by atoms with Crippen molar-refractivity contribution in [1.29, 1.82) is 0 Å². The number of ether oxygens (including phenoxy) is 2. The Hall–Kier alpha value is -3.35. The maximum Gasteiger partial charge on any atom is 0.344 e. The molecule has 0 bridgehead atoms. The molecular weight excluding hydrogens is 384 g/mol. The van der Waals surface area contributed by atoms with Gasteiger partial charge in [0.25, 0.3) is 5.91 Å². The molecule has 7 heteroatoms. The molecule has 0 radical (unpaired) electrons. The third-order valence-corrected chi connectivity index (χ3v) is 4.19. The van der Waals surface area contributed by atoms with Crippen LogP contribution in [0.15, 0.2) is 48.5 Å². The Morgan fingerprint density at radius 2 is 1.50 bits per heavy atom. The van der Waals surface area contributed by atoms with Crippen LogP contribution in [0.5, 0.6) is 5.75 Å². The van der Waals surface area contributed by atoms with Crippen LogP contribution in [0, 0.1) is 0 Å². The molecule has 0 fully saturated rings. The van der Waals surface area contributed by atoms with E-state index < -0.39 is 18.0 Å². The Kier molecular flexibility index (Phi) is 7.58. The van der Waals surface area contributed by atoms with E-state index in [1.54, 1.807) is 30.3 Å². The van der Waals surface area contributed by atoms with Gasteiger partial charge in [-0.25, -0.2) is 4.79 Å². The predicted octanol–water partition coefficient (Wildman–Crippen LogP) is 3.89. The second-order valence-corrected chi connectivity index (χ2v) is 7.91. The van der Waals surface area contributed by atoms with Gasteiger partial charge < -0.3 is 20.1 Å². The molecule has 0 aromatic heterocycles. The van der Waals surface area contributed by atoms with Gasteiger partial charge in [0.1, 0.15) is 5.75 Å². The van der Waals surface area contributed by atoms with Gasteiger partial charge in [0.2, 0.25) is 5.91 Å². The van der Waals surface area contributed by atoms with Gasteiger partial charge in [-0.15, -0.1) is 0 Å². The molecule has 0 aliphatic heterocycles. The van der Waals surface area contributed by atoms with Crippen LogP contribution in [0.25, 0.3) is 0 Å². The van der Waals surface area contributed by atoms with Gasteiger partial charge in [0, 0.05) is 18.3 Å². The highest BCUT2D eigenvalue weighted by atomic mass is 16.6. The van der Waals surface area contributed by atoms with E-state index in [0.29, 0.717) is 17.1 Å². The number of hydrogen-bond acceptors (Lipinski definition) is 5. The Balaban J connectivity index is 1.87. The summed E-state index contributed by atoms with van der Waals surface area (Å²) in [5.74, 6) is -0.675. The molecule has 2 amide bonds. The molecule has 7 nitrogen and oxygen atoms in total. The lowest BCUT2D eigenvalue weighted by atomic mass is 9.86. The molecule has 0 saturated carbocycles. The van der Waals surface area contributed by atoms with Crippen LogP contribution in [0.2, 0.25) is 0 Å². The number of nitrogens with one attached hydrogen (secondary N) is 2. The fourth-order valence-corrected chi connectivity index (χ4v) is 2.72. The van der Waals surface area contributed by atoms with E-state index in [1.165, 1.54) is 13.8 Å². The average molecular weight is 412 g/mol. The van der Waals surface area contributed by atoms with Crippen molar-refractivity contribution in [2.75, 3.05) is 17.2 Å². The molecule has 0 spiro atoms. The third kappa shape index (κ3) is 6.92. The van der Waals surface area contributed by atoms with Gasteiger partial charge >= 0.3 is 5.97 Å². The maximum atomic E-state index is 12.3. The molecular formula is C23H28N2O5. The van der Waals surface area contributed by atoms with Gasteiger partial charge in [0.05, 0.1) is 0 Å². The lowest BCUT2D eigenvalue weighted by molar-refractivity contribution is -0.155. The number of carbonyl (C=O) groups is 3. The number of benzene rings is 2. The van der Waals surface area contributed by atoms with Gasteiger partial charge in [-0.3, -0.25) is 9.59 Å². The minimum absolute atomic E-state index is 0.136. The summed E-state index contributed by atoms with van der Waals surface area (Å²) in [6.07, 6.45) is -0.992. The van der Waals surface area contributed by atoms with Gasteiger partial charge in [-0.05, 0) is 48.2 Å². The highest BCUT2D eigenvalue weighted by Crippen LogP contribution is 2.30. The molecule has 2 aromatic rings. The van der Waals surface area contributed by atoms with Crippen molar-refractivity contribution in [2.45, 2.75) is 46.1 Å². The van der Waals surface area contributed by atoms with Crippen LogP contribution in [0.1, 0.15) is 40.2 Å². The molecule has 0 aliphatic rings. The van der Waals surface area contributed by atoms with E-state index in [2.05, 4.69) is 31.4 Å². The molecule has 0 unspecified atom stereocenters. The molecule has 2 aromatic carbocycles. The highest BCUT2D eigenvalue weighted by Gasteiger charge is 2.21. The van der Waals surface area contributed by atoms with Crippen molar-refractivity contribution in [3.63, 3.8) is 0 Å². The van der Waals surface area contributed by atoms with Crippen LogP contribution in [-0.4, -0.2) is 30.5 Å². The second kappa shape index (κ2) is 9.91. The lowest BCUT2D eigenvalue weighted by Crippen LogP contribution is -2.31. The third-order valence-electron chi connectivity index (χ3n) is 4.19. The van der Waals surface area contributed by atoms with Gasteiger partial charge in [0.15, 0.2) is 12.7 Å². The normalized spacial score (nSPS) is 11.9. The van der Waals surface area contributed by atoms with Crippen LogP contribution >= 0.6 is 0 Å². The molecule has 160 valence electrons. The van der Waals surface area contributed by atoms with E-state index in [4.69, 9.17) is 9.47 Å².